The van der Waals surface area contributed by atoms with Gasteiger partial charge in [-0.1, -0.05) is 37.6 Å². The highest BCUT2D eigenvalue weighted by molar-refractivity contribution is 5.79. The minimum atomic E-state index is -0.156. The topological polar surface area (TPSA) is 73.5 Å². The summed E-state index contributed by atoms with van der Waals surface area (Å²) >= 11 is 0. The Kier molecular flexibility index (Phi) is 8.96. The highest BCUT2D eigenvalue weighted by Crippen LogP contribution is 2.25. The Morgan fingerprint density at radius 1 is 1.14 bits per heavy atom. The third-order valence-electron chi connectivity index (χ3n) is 5.66. The summed E-state index contributed by atoms with van der Waals surface area (Å²) in [6, 6.07) is 8.73. The molecule has 29 heavy (non-hydrogen) atoms. The number of carbonyl (C=O) groups is 2. The minimum absolute atomic E-state index is 0.0111. The molecule has 0 aromatic heterocycles. The second kappa shape index (κ2) is 11.2. The second-order valence-electron chi connectivity index (χ2n) is 8.65. The van der Waals surface area contributed by atoms with E-state index in [-0.39, 0.29) is 36.0 Å². The van der Waals surface area contributed by atoms with Gasteiger partial charge in [-0.05, 0) is 64.8 Å². The van der Waals surface area contributed by atoms with Crippen molar-refractivity contribution in [2.75, 3.05) is 20.6 Å². The molecule has 1 aliphatic carbocycles. The first kappa shape index (κ1) is 23.2. The van der Waals surface area contributed by atoms with Gasteiger partial charge < -0.3 is 20.9 Å². The molecule has 3 atom stereocenters. The fraction of sp³-hybridized carbons (Fsp3) is 0.652. The molecule has 0 saturated heterocycles. The molecule has 0 heterocycles. The molecule has 3 amide bonds. The minimum Gasteiger partial charge on any atom is -0.354 e. The van der Waals surface area contributed by atoms with E-state index in [1.54, 1.807) is 0 Å². The Hall–Kier alpha value is -2.08. The van der Waals surface area contributed by atoms with Crippen molar-refractivity contribution in [2.24, 2.45) is 5.92 Å². The maximum atomic E-state index is 12.5. The van der Waals surface area contributed by atoms with Crippen LogP contribution in [-0.4, -0.2) is 49.6 Å². The van der Waals surface area contributed by atoms with Gasteiger partial charge in [-0.15, -0.1) is 0 Å². The molecule has 1 aliphatic rings. The lowest BCUT2D eigenvalue weighted by Gasteiger charge is -2.30. The molecule has 1 aromatic carbocycles. The van der Waals surface area contributed by atoms with Crippen molar-refractivity contribution in [2.45, 2.75) is 71.0 Å². The van der Waals surface area contributed by atoms with Crippen LogP contribution in [0.15, 0.2) is 24.3 Å². The van der Waals surface area contributed by atoms with Crippen LogP contribution in [0.5, 0.6) is 0 Å². The summed E-state index contributed by atoms with van der Waals surface area (Å²) in [5.74, 6) is 0.0955. The number of nitrogens with zero attached hydrogens (tertiary/aromatic N) is 1. The van der Waals surface area contributed by atoms with E-state index in [1.807, 2.05) is 27.9 Å². The van der Waals surface area contributed by atoms with E-state index in [9.17, 15) is 9.59 Å². The molecule has 6 heteroatoms. The number of carbonyl (C=O) groups excluding carboxylic acids is 2. The van der Waals surface area contributed by atoms with Crippen molar-refractivity contribution >= 4 is 11.9 Å². The summed E-state index contributed by atoms with van der Waals surface area (Å²) in [6.45, 7) is 6.63. The SMILES string of the molecule is CCc1ccc(C(CNC(=O)NC2CCCC(C(=O)NC(C)C)C2)N(C)C)cc1. The molecule has 3 unspecified atom stereocenters. The van der Waals surface area contributed by atoms with Gasteiger partial charge in [0.1, 0.15) is 0 Å². The van der Waals surface area contributed by atoms with Crippen molar-refractivity contribution in [3.8, 4) is 0 Å². The number of urea groups is 1. The van der Waals surface area contributed by atoms with Crippen molar-refractivity contribution in [3.63, 3.8) is 0 Å². The third kappa shape index (κ3) is 7.35. The van der Waals surface area contributed by atoms with Crippen LogP contribution in [0.1, 0.15) is 63.6 Å². The molecular weight excluding hydrogens is 364 g/mol. The Balaban J connectivity index is 1.86. The van der Waals surface area contributed by atoms with Crippen LogP contribution < -0.4 is 16.0 Å². The average molecular weight is 403 g/mol. The number of hydrogen-bond donors (Lipinski definition) is 3. The molecule has 2 rings (SSSR count). The van der Waals surface area contributed by atoms with Crippen LogP contribution in [0.25, 0.3) is 0 Å². The van der Waals surface area contributed by atoms with Crippen molar-refractivity contribution in [1.29, 1.82) is 0 Å². The van der Waals surface area contributed by atoms with Gasteiger partial charge in [0.05, 0.1) is 6.04 Å². The number of rotatable bonds is 8. The molecule has 3 N–H and O–H groups in total. The number of nitrogens with one attached hydrogen (secondary N) is 3. The van der Waals surface area contributed by atoms with Gasteiger partial charge in [0.25, 0.3) is 0 Å². The molecule has 1 aromatic rings. The van der Waals surface area contributed by atoms with Gasteiger partial charge in [0.15, 0.2) is 0 Å². The summed E-state index contributed by atoms with van der Waals surface area (Å²) in [6.07, 6.45) is 4.52. The van der Waals surface area contributed by atoms with E-state index >= 15 is 0 Å². The number of amides is 3. The fourth-order valence-electron chi connectivity index (χ4n) is 3.96. The number of aryl methyl sites for hydroxylation is 1. The molecule has 0 aliphatic heterocycles. The average Bonchev–Trinajstić information content (AvgIpc) is 2.68. The Bertz CT molecular complexity index is 657. The maximum Gasteiger partial charge on any atom is 0.315 e. The largest absolute Gasteiger partial charge is 0.354 e. The normalized spacial score (nSPS) is 20.4. The number of benzene rings is 1. The van der Waals surface area contributed by atoms with Gasteiger partial charge in [-0.2, -0.15) is 0 Å². The quantitative estimate of drug-likeness (QED) is 0.625. The predicted molar refractivity (Wildman–Crippen MR) is 118 cm³/mol. The Morgan fingerprint density at radius 2 is 1.83 bits per heavy atom. The molecule has 1 fully saturated rings. The Labute approximate surface area is 175 Å². The third-order valence-corrected chi connectivity index (χ3v) is 5.66. The Morgan fingerprint density at radius 3 is 2.41 bits per heavy atom. The predicted octanol–water partition coefficient (Wildman–Crippen LogP) is 3.23. The maximum absolute atomic E-state index is 12.5. The van der Waals surface area contributed by atoms with Gasteiger partial charge in [0, 0.05) is 24.5 Å². The lowest BCUT2D eigenvalue weighted by Crippen LogP contribution is -2.48. The zero-order chi connectivity index (χ0) is 21.4. The zero-order valence-corrected chi connectivity index (χ0v) is 18.6. The summed E-state index contributed by atoms with van der Waals surface area (Å²) in [4.78, 5) is 26.9. The summed E-state index contributed by atoms with van der Waals surface area (Å²) in [5, 5.41) is 9.09. The monoisotopic (exact) mass is 402 g/mol. The van der Waals surface area contributed by atoms with Crippen molar-refractivity contribution in [1.82, 2.24) is 20.9 Å². The van der Waals surface area contributed by atoms with Crippen molar-refractivity contribution < 1.29 is 9.59 Å². The van der Waals surface area contributed by atoms with Gasteiger partial charge in [0.2, 0.25) is 5.91 Å². The van der Waals surface area contributed by atoms with Crippen LogP contribution >= 0.6 is 0 Å². The van der Waals surface area contributed by atoms with Crippen LogP contribution in [0.4, 0.5) is 4.79 Å². The van der Waals surface area contributed by atoms with E-state index in [1.165, 1.54) is 11.1 Å². The van der Waals surface area contributed by atoms with Gasteiger partial charge >= 0.3 is 6.03 Å². The molecule has 162 valence electrons. The second-order valence-corrected chi connectivity index (χ2v) is 8.65. The highest BCUT2D eigenvalue weighted by atomic mass is 16.2. The smallest absolute Gasteiger partial charge is 0.315 e. The lowest BCUT2D eigenvalue weighted by molar-refractivity contribution is -0.126. The van der Waals surface area contributed by atoms with Crippen LogP contribution in [0.2, 0.25) is 0 Å². The van der Waals surface area contributed by atoms with E-state index in [4.69, 9.17) is 0 Å². The lowest BCUT2D eigenvalue weighted by atomic mass is 9.85. The molecule has 0 bridgehead atoms. The van der Waals surface area contributed by atoms with Crippen LogP contribution in [0.3, 0.4) is 0 Å². The van der Waals surface area contributed by atoms with E-state index in [0.29, 0.717) is 13.0 Å². The van der Waals surface area contributed by atoms with E-state index < -0.39 is 0 Å². The van der Waals surface area contributed by atoms with Crippen molar-refractivity contribution in [3.05, 3.63) is 35.4 Å². The summed E-state index contributed by atoms with van der Waals surface area (Å²) in [7, 11) is 4.05. The van der Waals surface area contributed by atoms with Gasteiger partial charge in [-0.25, -0.2) is 4.79 Å². The van der Waals surface area contributed by atoms with Crippen LogP contribution in [-0.2, 0) is 11.2 Å². The van der Waals surface area contributed by atoms with E-state index in [2.05, 4.69) is 52.0 Å². The van der Waals surface area contributed by atoms with E-state index in [0.717, 1.165) is 25.7 Å². The fourth-order valence-corrected chi connectivity index (χ4v) is 3.96. The molecule has 0 radical (unpaired) electrons. The molecular formula is C23H38N4O2. The van der Waals surface area contributed by atoms with Gasteiger partial charge in [-0.3, -0.25) is 4.79 Å². The first-order valence-electron chi connectivity index (χ1n) is 10.9. The first-order chi connectivity index (χ1) is 13.8. The summed E-state index contributed by atoms with van der Waals surface area (Å²) < 4.78 is 0. The zero-order valence-electron chi connectivity index (χ0n) is 18.6. The highest BCUT2D eigenvalue weighted by Gasteiger charge is 2.28. The number of hydrogen-bond acceptors (Lipinski definition) is 3. The molecule has 0 spiro atoms. The summed E-state index contributed by atoms with van der Waals surface area (Å²) in [5.41, 5.74) is 2.50. The first-order valence-corrected chi connectivity index (χ1v) is 10.9. The molecule has 6 nitrogen and oxygen atoms in total. The number of likely N-dealkylation sites (N-methyl/N-ethyl adjacent to an activating group) is 1. The van der Waals surface area contributed by atoms with Crippen LogP contribution in [0, 0.1) is 5.92 Å². The standard InChI is InChI=1S/C23H38N4O2/c1-6-17-10-12-18(13-11-17)21(27(4)5)15-24-23(29)26-20-9-7-8-19(14-20)22(28)25-16(2)3/h10-13,16,19-21H,6-9,14-15H2,1-5H3,(H,25,28)(H2,24,26,29). The molecule has 1 saturated carbocycles.